The Morgan fingerprint density at radius 1 is 0.750 bits per heavy atom. The maximum atomic E-state index is 5.09. The molecule has 0 unspecified atom stereocenters. The van der Waals surface area contributed by atoms with E-state index < -0.39 is 0 Å². The number of aromatic nitrogens is 4. The van der Waals surface area contributed by atoms with Crippen LogP contribution in [0.5, 0.6) is 0 Å². The van der Waals surface area contributed by atoms with E-state index in [2.05, 4.69) is 56.8 Å². The van der Waals surface area contributed by atoms with E-state index >= 15 is 0 Å². The van der Waals surface area contributed by atoms with Crippen molar-refractivity contribution < 1.29 is 0 Å². The third kappa shape index (κ3) is 3.60. The summed E-state index contributed by atoms with van der Waals surface area (Å²) >= 11 is 0. The second-order valence-corrected chi connectivity index (χ2v) is 8.79. The summed E-state index contributed by atoms with van der Waals surface area (Å²) in [4.78, 5) is 19.7. The Hall–Kier alpha value is -3.41. The fraction of sp³-hybridized carbons (Fsp3) is 0.346. The van der Waals surface area contributed by atoms with Crippen molar-refractivity contribution in [2.75, 3.05) is 29.4 Å². The average Bonchev–Trinajstić information content (AvgIpc) is 3.52. The summed E-state index contributed by atoms with van der Waals surface area (Å²) in [5, 5.41) is 0. The maximum Gasteiger partial charge on any atom is 0.172 e. The number of hydrogen-bond donors (Lipinski definition) is 0. The number of fused-ring (bicyclic) bond motifs is 2. The molecule has 32 heavy (non-hydrogen) atoms. The van der Waals surface area contributed by atoms with Crippen molar-refractivity contribution in [1.29, 1.82) is 0 Å². The summed E-state index contributed by atoms with van der Waals surface area (Å²) in [5.41, 5.74) is 5.85. The smallest absolute Gasteiger partial charge is 0.172 e. The first-order chi connectivity index (χ1) is 15.8. The van der Waals surface area contributed by atoms with Gasteiger partial charge in [-0.25, -0.2) is 15.0 Å². The molecule has 0 aliphatic carbocycles. The number of imidazole rings is 1. The van der Waals surface area contributed by atoms with E-state index in [4.69, 9.17) is 15.0 Å². The standard InChI is InChI=1S/C26H28N6/c1-2-8-20(9-3-1)12-16-32-19-27-23-18-31(17-13-24(23)32)26-25(30-14-6-7-15-30)28-21-10-4-5-11-22(21)29-26/h1-5,8-11,19H,6-7,12-18H2. The van der Waals surface area contributed by atoms with Crippen molar-refractivity contribution in [3.63, 3.8) is 0 Å². The van der Waals surface area contributed by atoms with Gasteiger partial charge in [-0.1, -0.05) is 42.5 Å². The third-order valence-electron chi connectivity index (χ3n) is 6.72. The van der Waals surface area contributed by atoms with E-state index in [9.17, 15) is 0 Å². The van der Waals surface area contributed by atoms with Crippen LogP contribution in [0.2, 0.25) is 0 Å². The number of rotatable bonds is 5. The van der Waals surface area contributed by atoms with Crippen molar-refractivity contribution in [3.8, 4) is 0 Å². The van der Waals surface area contributed by atoms with Crippen LogP contribution in [0.1, 0.15) is 29.8 Å². The molecule has 2 aromatic carbocycles. The van der Waals surface area contributed by atoms with Crippen molar-refractivity contribution in [3.05, 3.63) is 77.9 Å². The van der Waals surface area contributed by atoms with Gasteiger partial charge in [0.05, 0.1) is 29.6 Å². The first-order valence-electron chi connectivity index (χ1n) is 11.7. The summed E-state index contributed by atoms with van der Waals surface area (Å²) in [6, 6.07) is 18.9. The van der Waals surface area contributed by atoms with Crippen molar-refractivity contribution in [2.45, 2.75) is 38.8 Å². The molecule has 1 saturated heterocycles. The van der Waals surface area contributed by atoms with Gasteiger partial charge in [0, 0.05) is 38.3 Å². The number of aryl methyl sites for hydroxylation is 2. The van der Waals surface area contributed by atoms with E-state index in [1.807, 2.05) is 18.5 Å². The zero-order chi connectivity index (χ0) is 21.3. The van der Waals surface area contributed by atoms with Crippen LogP contribution in [0.15, 0.2) is 60.9 Å². The third-order valence-corrected chi connectivity index (χ3v) is 6.72. The molecule has 0 spiro atoms. The molecule has 0 atom stereocenters. The van der Waals surface area contributed by atoms with Crippen LogP contribution in [0.4, 0.5) is 11.6 Å². The minimum atomic E-state index is 0.793. The highest BCUT2D eigenvalue weighted by molar-refractivity contribution is 5.81. The highest BCUT2D eigenvalue weighted by Gasteiger charge is 2.27. The molecule has 6 nitrogen and oxygen atoms in total. The summed E-state index contributed by atoms with van der Waals surface area (Å²) in [5.74, 6) is 2.04. The monoisotopic (exact) mass is 424 g/mol. The predicted molar refractivity (Wildman–Crippen MR) is 128 cm³/mol. The van der Waals surface area contributed by atoms with Crippen molar-refractivity contribution >= 4 is 22.7 Å². The Balaban J connectivity index is 1.28. The fourth-order valence-corrected chi connectivity index (χ4v) is 4.97. The van der Waals surface area contributed by atoms with Crippen LogP contribution in [0, 0.1) is 0 Å². The Morgan fingerprint density at radius 3 is 2.19 bits per heavy atom. The zero-order valence-corrected chi connectivity index (χ0v) is 18.3. The molecule has 4 aromatic rings. The highest BCUT2D eigenvalue weighted by Crippen LogP contribution is 2.33. The minimum absolute atomic E-state index is 0.793. The Kier molecular flexibility index (Phi) is 4.98. The van der Waals surface area contributed by atoms with Gasteiger partial charge in [0.25, 0.3) is 0 Å². The molecule has 0 amide bonds. The Labute approximate surface area is 188 Å². The average molecular weight is 425 g/mol. The lowest BCUT2D eigenvalue weighted by molar-refractivity contribution is 0.622. The molecular weight excluding hydrogens is 396 g/mol. The molecule has 0 radical (unpaired) electrons. The van der Waals surface area contributed by atoms with Gasteiger partial charge in [-0.2, -0.15) is 0 Å². The van der Waals surface area contributed by atoms with Crippen LogP contribution in [-0.4, -0.2) is 39.2 Å². The lowest BCUT2D eigenvalue weighted by Crippen LogP contribution is -2.34. The lowest BCUT2D eigenvalue weighted by atomic mass is 10.1. The van der Waals surface area contributed by atoms with Crippen molar-refractivity contribution in [2.24, 2.45) is 0 Å². The molecule has 0 N–H and O–H groups in total. The predicted octanol–water partition coefficient (Wildman–Crippen LogP) is 4.23. The Morgan fingerprint density at radius 2 is 1.44 bits per heavy atom. The summed E-state index contributed by atoms with van der Waals surface area (Å²) < 4.78 is 2.34. The number of para-hydroxylation sites is 2. The molecule has 2 aromatic heterocycles. The Bertz CT molecular complexity index is 1230. The topological polar surface area (TPSA) is 50.1 Å². The SMILES string of the molecule is c1ccc(CCn2cnc3c2CCN(c2nc4ccccc4nc2N2CCCC2)C3)cc1. The summed E-state index contributed by atoms with van der Waals surface area (Å²) in [6.45, 7) is 4.83. The maximum absolute atomic E-state index is 5.09. The molecule has 2 aliphatic heterocycles. The van der Waals surface area contributed by atoms with Crippen LogP contribution >= 0.6 is 0 Å². The highest BCUT2D eigenvalue weighted by atomic mass is 15.3. The van der Waals surface area contributed by atoms with Gasteiger partial charge in [0.1, 0.15) is 0 Å². The van der Waals surface area contributed by atoms with Gasteiger partial charge >= 0.3 is 0 Å². The normalized spacial score (nSPS) is 16.0. The number of anilines is 2. The minimum Gasteiger partial charge on any atom is -0.354 e. The lowest BCUT2D eigenvalue weighted by Gasteiger charge is -2.31. The van der Waals surface area contributed by atoms with Gasteiger partial charge < -0.3 is 14.4 Å². The zero-order valence-electron chi connectivity index (χ0n) is 18.3. The van der Waals surface area contributed by atoms with Crippen LogP contribution in [0.3, 0.4) is 0 Å². The first kappa shape index (κ1) is 19.3. The molecule has 4 heterocycles. The van der Waals surface area contributed by atoms with E-state index in [-0.39, 0.29) is 0 Å². The van der Waals surface area contributed by atoms with Gasteiger partial charge in [-0.3, -0.25) is 0 Å². The van der Waals surface area contributed by atoms with Gasteiger partial charge in [-0.05, 0) is 37.0 Å². The van der Waals surface area contributed by atoms with Crippen LogP contribution in [-0.2, 0) is 25.9 Å². The quantitative estimate of drug-likeness (QED) is 0.480. The van der Waals surface area contributed by atoms with Gasteiger partial charge in [-0.15, -0.1) is 0 Å². The summed E-state index contributed by atoms with van der Waals surface area (Å²) in [6.07, 6.45) is 6.49. The molecule has 2 aliphatic rings. The number of nitrogens with zero attached hydrogens (tertiary/aromatic N) is 6. The molecule has 162 valence electrons. The second-order valence-electron chi connectivity index (χ2n) is 8.79. The van der Waals surface area contributed by atoms with Gasteiger partial charge in [0.2, 0.25) is 0 Å². The second kappa shape index (κ2) is 8.26. The summed E-state index contributed by atoms with van der Waals surface area (Å²) in [7, 11) is 0. The van der Waals surface area contributed by atoms with E-state index in [1.165, 1.54) is 29.8 Å². The van der Waals surface area contributed by atoms with E-state index in [0.717, 1.165) is 68.2 Å². The first-order valence-corrected chi connectivity index (χ1v) is 11.7. The molecule has 0 bridgehead atoms. The molecule has 6 rings (SSSR count). The van der Waals surface area contributed by atoms with E-state index in [1.54, 1.807) is 0 Å². The fourth-order valence-electron chi connectivity index (χ4n) is 4.97. The van der Waals surface area contributed by atoms with Crippen LogP contribution in [0.25, 0.3) is 11.0 Å². The van der Waals surface area contributed by atoms with Crippen molar-refractivity contribution in [1.82, 2.24) is 19.5 Å². The van der Waals surface area contributed by atoms with Gasteiger partial charge in [0.15, 0.2) is 11.6 Å². The number of hydrogen-bond acceptors (Lipinski definition) is 5. The molecule has 6 heteroatoms. The van der Waals surface area contributed by atoms with E-state index in [0.29, 0.717) is 0 Å². The molecule has 1 fully saturated rings. The number of benzene rings is 2. The molecular formula is C26H28N6. The van der Waals surface area contributed by atoms with Crippen LogP contribution < -0.4 is 9.80 Å². The largest absolute Gasteiger partial charge is 0.354 e. The molecule has 0 saturated carbocycles.